The largest absolute Gasteiger partial charge is 0.467 e. The Morgan fingerprint density at radius 1 is 1.13 bits per heavy atom. The highest BCUT2D eigenvalue weighted by atomic mass is 19.1. The number of carbonyl (C=O) groups excluding carboxylic acids is 1. The van der Waals surface area contributed by atoms with Crippen molar-refractivity contribution < 1.29 is 23.1 Å². The van der Waals surface area contributed by atoms with Gasteiger partial charge in [0.05, 0.1) is 19.1 Å². The van der Waals surface area contributed by atoms with E-state index in [2.05, 4.69) is 5.32 Å². The van der Waals surface area contributed by atoms with E-state index in [1.807, 2.05) is 0 Å². The van der Waals surface area contributed by atoms with E-state index in [4.69, 9.17) is 8.83 Å². The van der Waals surface area contributed by atoms with Crippen LogP contribution in [0.4, 0.5) is 4.39 Å². The third-order valence-electron chi connectivity index (χ3n) is 3.40. The number of amides is 1. The van der Waals surface area contributed by atoms with Gasteiger partial charge in [0.15, 0.2) is 5.76 Å². The SMILES string of the molecule is O=C(NC(CO)c1ccco1)c1occc1-c1ccc(F)cc1. The van der Waals surface area contributed by atoms with Gasteiger partial charge >= 0.3 is 0 Å². The van der Waals surface area contributed by atoms with Gasteiger partial charge in [-0.25, -0.2) is 4.39 Å². The van der Waals surface area contributed by atoms with Crippen LogP contribution in [0.2, 0.25) is 0 Å². The molecule has 23 heavy (non-hydrogen) atoms. The molecule has 0 bridgehead atoms. The van der Waals surface area contributed by atoms with Gasteiger partial charge in [-0.3, -0.25) is 4.79 Å². The Labute approximate surface area is 131 Å². The number of hydrogen-bond donors (Lipinski definition) is 2. The van der Waals surface area contributed by atoms with E-state index in [1.165, 1.54) is 24.7 Å². The number of benzene rings is 1. The number of furan rings is 2. The molecule has 0 radical (unpaired) electrons. The quantitative estimate of drug-likeness (QED) is 0.758. The molecule has 118 valence electrons. The molecule has 2 heterocycles. The third-order valence-corrected chi connectivity index (χ3v) is 3.40. The van der Waals surface area contributed by atoms with Crippen molar-refractivity contribution in [2.24, 2.45) is 0 Å². The van der Waals surface area contributed by atoms with Crippen molar-refractivity contribution in [3.63, 3.8) is 0 Å². The van der Waals surface area contributed by atoms with E-state index in [0.717, 1.165) is 0 Å². The number of halogens is 1. The second kappa shape index (κ2) is 6.50. The maximum absolute atomic E-state index is 13.0. The highest BCUT2D eigenvalue weighted by molar-refractivity contribution is 5.98. The number of carbonyl (C=O) groups is 1. The minimum absolute atomic E-state index is 0.0848. The van der Waals surface area contributed by atoms with Gasteiger partial charge in [0, 0.05) is 5.56 Å². The van der Waals surface area contributed by atoms with Crippen molar-refractivity contribution in [2.75, 3.05) is 6.61 Å². The summed E-state index contributed by atoms with van der Waals surface area (Å²) in [5.74, 6) is -0.330. The van der Waals surface area contributed by atoms with Crippen molar-refractivity contribution in [3.05, 3.63) is 72.3 Å². The van der Waals surface area contributed by atoms with Crippen molar-refractivity contribution >= 4 is 5.91 Å². The second-order valence-electron chi connectivity index (χ2n) is 4.89. The average molecular weight is 315 g/mol. The van der Waals surface area contributed by atoms with Crippen LogP contribution < -0.4 is 5.32 Å². The van der Waals surface area contributed by atoms with Crippen LogP contribution in [0, 0.1) is 5.82 Å². The van der Waals surface area contributed by atoms with Crippen molar-refractivity contribution in [1.82, 2.24) is 5.32 Å². The first-order valence-corrected chi connectivity index (χ1v) is 6.97. The zero-order valence-corrected chi connectivity index (χ0v) is 12.0. The molecule has 3 aromatic rings. The Hall–Kier alpha value is -2.86. The van der Waals surface area contributed by atoms with E-state index >= 15 is 0 Å². The Kier molecular flexibility index (Phi) is 4.25. The first kappa shape index (κ1) is 15.1. The third kappa shape index (κ3) is 3.17. The number of rotatable bonds is 5. The standard InChI is InChI=1S/C17H14FNO4/c18-12-5-3-11(4-6-12)13-7-9-23-16(13)17(21)19-14(10-20)15-2-1-8-22-15/h1-9,14,20H,10H2,(H,19,21). The lowest BCUT2D eigenvalue weighted by Crippen LogP contribution is -2.30. The van der Waals surface area contributed by atoms with E-state index in [-0.39, 0.29) is 18.2 Å². The maximum Gasteiger partial charge on any atom is 0.288 e. The van der Waals surface area contributed by atoms with Crippen molar-refractivity contribution in [1.29, 1.82) is 0 Å². The summed E-state index contributed by atoms with van der Waals surface area (Å²) in [6, 6.07) is 10.0. The van der Waals surface area contributed by atoms with Gasteiger partial charge in [-0.2, -0.15) is 0 Å². The van der Waals surface area contributed by atoms with Gasteiger partial charge in [0.2, 0.25) is 0 Å². The van der Waals surface area contributed by atoms with E-state index in [1.54, 1.807) is 30.3 Å². The van der Waals surface area contributed by atoms with Gasteiger partial charge in [-0.15, -0.1) is 0 Å². The minimum atomic E-state index is -0.677. The first-order valence-electron chi connectivity index (χ1n) is 6.97. The van der Waals surface area contributed by atoms with Crippen LogP contribution >= 0.6 is 0 Å². The molecular formula is C17H14FNO4. The normalized spacial score (nSPS) is 12.1. The van der Waals surface area contributed by atoms with Crippen LogP contribution in [0.3, 0.4) is 0 Å². The zero-order valence-electron chi connectivity index (χ0n) is 12.0. The highest BCUT2D eigenvalue weighted by Gasteiger charge is 2.22. The Morgan fingerprint density at radius 2 is 1.91 bits per heavy atom. The molecule has 0 aliphatic rings. The van der Waals surface area contributed by atoms with Gasteiger partial charge in [-0.05, 0) is 35.9 Å². The lowest BCUT2D eigenvalue weighted by atomic mass is 10.1. The Bertz CT molecular complexity index is 777. The fourth-order valence-corrected chi connectivity index (χ4v) is 2.26. The molecule has 5 nitrogen and oxygen atoms in total. The van der Waals surface area contributed by atoms with Crippen LogP contribution in [0.25, 0.3) is 11.1 Å². The molecule has 0 spiro atoms. The van der Waals surface area contributed by atoms with E-state index < -0.39 is 11.9 Å². The van der Waals surface area contributed by atoms with Crippen LogP contribution in [0.5, 0.6) is 0 Å². The molecule has 1 unspecified atom stereocenters. The lowest BCUT2D eigenvalue weighted by molar-refractivity contribution is 0.0880. The predicted molar refractivity (Wildman–Crippen MR) is 80.1 cm³/mol. The molecule has 1 amide bonds. The monoisotopic (exact) mass is 315 g/mol. The molecule has 1 atom stereocenters. The fourth-order valence-electron chi connectivity index (χ4n) is 2.26. The number of nitrogens with one attached hydrogen (secondary N) is 1. The molecular weight excluding hydrogens is 301 g/mol. The van der Waals surface area contributed by atoms with E-state index in [9.17, 15) is 14.3 Å². The topological polar surface area (TPSA) is 75.6 Å². The average Bonchev–Trinajstić information content (AvgIpc) is 3.24. The summed E-state index contributed by atoms with van der Waals surface area (Å²) in [5.41, 5.74) is 1.20. The zero-order chi connectivity index (χ0) is 16.2. The Balaban J connectivity index is 1.83. The summed E-state index contributed by atoms with van der Waals surface area (Å²) in [6.07, 6.45) is 2.84. The smallest absolute Gasteiger partial charge is 0.288 e. The van der Waals surface area contributed by atoms with Crippen LogP contribution in [-0.2, 0) is 0 Å². The molecule has 3 rings (SSSR count). The van der Waals surface area contributed by atoms with Gasteiger partial charge in [0.25, 0.3) is 5.91 Å². The van der Waals surface area contributed by atoms with Crippen LogP contribution in [0.15, 0.2) is 63.8 Å². The molecule has 0 fully saturated rings. The number of hydrogen-bond acceptors (Lipinski definition) is 4. The molecule has 2 aromatic heterocycles. The first-order chi connectivity index (χ1) is 11.2. The summed E-state index contributed by atoms with van der Waals surface area (Å²) in [4.78, 5) is 12.4. The van der Waals surface area contributed by atoms with Gasteiger partial charge in [-0.1, -0.05) is 12.1 Å². The summed E-state index contributed by atoms with van der Waals surface area (Å²) in [5, 5.41) is 12.1. The molecule has 0 aliphatic carbocycles. The summed E-state index contributed by atoms with van der Waals surface area (Å²) in [6.45, 7) is -0.314. The number of aliphatic hydroxyl groups is 1. The van der Waals surface area contributed by atoms with Crippen molar-refractivity contribution in [2.45, 2.75) is 6.04 Å². The lowest BCUT2D eigenvalue weighted by Gasteiger charge is -2.13. The minimum Gasteiger partial charge on any atom is -0.467 e. The highest BCUT2D eigenvalue weighted by Crippen LogP contribution is 2.26. The number of aliphatic hydroxyl groups excluding tert-OH is 1. The predicted octanol–water partition coefficient (Wildman–Crippen LogP) is 3.14. The second-order valence-corrected chi connectivity index (χ2v) is 4.89. The van der Waals surface area contributed by atoms with E-state index in [0.29, 0.717) is 16.9 Å². The van der Waals surface area contributed by atoms with Crippen LogP contribution in [0.1, 0.15) is 22.4 Å². The molecule has 2 N–H and O–H groups in total. The van der Waals surface area contributed by atoms with Crippen molar-refractivity contribution in [3.8, 4) is 11.1 Å². The summed E-state index contributed by atoms with van der Waals surface area (Å²) >= 11 is 0. The van der Waals surface area contributed by atoms with Gasteiger partial charge < -0.3 is 19.3 Å². The fraction of sp³-hybridized carbons (Fsp3) is 0.118. The molecule has 0 aliphatic heterocycles. The van der Waals surface area contributed by atoms with Crippen LogP contribution in [-0.4, -0.2) is 17.6 Å². The maximum atomic E-state index is 13.0. The summed E-state index contributed by atoms with van der Waals surface area (Å²) < 4.78 is 23.5. The molecule has 0 saturated heterocycles. The summed E-state index contributed by atoms with van der Waals surface area (Å²) in [7, 11) is 0. The Morgan fingerprint density at radius 3 is 2.57 bits per heavy atom. The molecule has 6 heteroatoms. The molecule has 1 aromatic carbocycles. The van der Waals surface area contributed by atoms with Gasteiger partial charge in [0.1, 0.15) is 17.6 Å². The molecule has 0 saturated carbocycles.